The fourth-order valence-corrected chi connectivity index (χ4v) is 3.83. The molecule has 31 heavy (non-hydrogen) atoms. The number of esters is 1. The van der Waals surface area contributed by atoms with Gasteiger partial charge in [0.05, 0.1) is 25.3 Å². The lowest BCUT2D eigenvalue weighted by atomic mass is 9.98. The van der Waals surface area contributed by atoms with Crippen molar-refractivity contribution in [2.75, 3.05) is 14.2 Å². The third-order valence-corrected chi connectivity index (χ3v) is 5.42. The van der Waals surface area contributed by atoms with Gasteiger partial charge in [0, 0.05) is 5.56 Å². The number of nitrogens with one attached hydrogen (secondary N) is 1. The fraction of sp³-hybridized carbons (Fsp3) is 0.0769. The summed E-state index contributed by atoms with van der Waals surface area (Å²) in [5.74, 6) is 0.919. The van der Waals surface area contributed by atoms with Crippen molar-refractivity contribution < 1.29 is 14.3 Å². The first-order chi connectivity index (χ1) is 15.2. The maximum Gasteiger partial charge on any atom is 0.341 e. The van der Waals surface area contributed by atoms with E-state index in [0.717, 1.165) is 44.3 Å². The monoisotopic (exact) mass is 408 g/mol. The number of hydrogen-bond acceptors (Lipinski definition) is 4. The van der Waals surface area contributed by atoms with Crippen molar-refractivity contribution in [2.45, 2.75) is 0 Å². The number of H-pyrrole nitrogens is 1. The van der Waals surface area contributed by atoms with Gasteiger partial charge in [-0.05, 0) is 58.3 Å². The zero-order valence-electron chi connectivity index (χ0n) is 17.2. The number of hydrogen-bond donors (Lipinski definition) is 1. The maximum atomic E-state index is 12.1. The molecule has 0 aliphatic rings. The summed E-state index contributed by atoms with van der Waals surface area (Å²) in [6, 6.07) is 26.1. The molecule has 0 unspecified atom stereocenters. The number of aromatic nitrogens is 2. The van der Waals surface area contributed by atoms with E-state index in [1.54, 1.807) is 13.2 Å². The molecule has 1 heterocycles. The molecule has 0 fully saturated rings. The molecule has 0 aliphatic carbocycles. The van der Waals surface area contributed by atoms with E-state index in [-0.39, 0.29) is 0 Å². The van der Waals surface area contributed by atoms with Crippen LogP contribution in [0.1, 0.15) is 10.4 Å². The zero-order valence-corrected chi connectivity index (χ0v) is 17.2. The maximum absolute atomic E-state index is 12.1. The van der Waals surface area contributed by atoms with Gasteiger partial charge in [-0.15, -0.1) is 0 Å². The van der Waals surface area contributed by atoms with Gasteiger partial charge in [-0.25, -0.2) is 9.78 Å². The highest BCUT2D eigenvalue weighted by atomic mass is 16.5. The predicted octanol–water partition coefficient (Wildman–Crippen LogP) is 5.85. The first-order valence-corrected chi connectivity index (χ1v) is 9.92. The van der Waals surface area contributed by atoms with Crippen LogP contribution < -0.4 is 4.74 Å². The smallest absolute Gasteiger partial charge is 0.341 e. The lowest BCUT2D eigenvalue weighted by Gasteiger charge is -2.10. The Bertz CT molecular complexity index is 1400. The number of para-hydroxylation sites is 2. The van der Waals surface area contributed by atoms with Crippen LogP contribution in [0, 0.1) is 0 Å². The van der Waals surface area contributed by atoms with Gasteiger partial charge in [-0.2, -0.15) is 0 Å². The van der Waals surface area contributed by atoms with Gasteiger partial charge in [0.25, 0.3) is 0 Å². The summed E-state index contributed by atoms with van der Waals surface area (Å²) in [5, 5.41) is 1.93. The number of fused-ring (bicyclic) bond motifs is 2. The van der Waals surface area contributed by atoms with E-state index in [1.807, 2.05) is 54.6 Å². The third kappa shape index (κ3) is 3.40. The molecule has 5 heteroatoms. The van der Waals surface area contributed by atoms with Gasteiger partial charge in [0.1, 0.15) is 17.1 Å². The van der Waals surface area contributed by atoms with Gasteiger partial charge < -0.3 is 14.5 Å². The highest BCUT2D eigenvalue weighted by Gasteiger charge is 2.14. The molecule has 152 valence electrons. The van der Waals surface area contributed by atoms with Crippen molar-refractivity contribution >= 4 is 27.8 Å². The van der Waals surface area contributed by atoms with E-state index in [2.05, 4.69) is 23.2 Å². The number of ether oxygens (including phenoxy) is 2. The minimum absolute atomic E-state index is 0.414. The van der Waals surface area contributed by atoms with Gasteiger partial charge >= 0.3 is 5.97 Å². The molecular formula is C26H20N2O3. The van der Waals surface area contributed by atoms with Crippen LogP contribution in [-0.4, -0.2) is 30.2 Å². The van der Waals surface area contributed by atoms with Crippen molar-refractivity contribution in [3.63, 3.8) is 0 Å². The number of benzene rings is 4. The molecule has 5 rings (SSSR count). The van der Waals surface area contributed by atoms with Crippen LogP contribution in [0.3, 0.4) is 0 Å². The SMILES string of the molecule is COC(=O)c1cc2ccc(-c3cccc(-c4nc5ccccc5[nH]4)c3)cc2cc1OC. The second kappa shape index (κ2) is 7.61. The van der Waals surface area contributed by atoms with E-state index in [0.29, 0.717) is 11.3 Å². The number of carbonyl (C=O) groups is 1. The molecule has 1 aromatic heterocycles. The summed E-state index contributed by atoms with van der Waals surface area (Å²) >= 11 is 0. The topological polar surface area (TPSA) is 64.2 Å². The molecule has 0 saturated carbocycles. The summed E-state index contributed by atoms with van der Waals surface area (Å²) in [4.78, 5) is 20.1. The van der Waals surface area contributed by atoms with Crippen LogP contribution in [0.4, 0.5) is 0 Å². The number of carbonyl (C=O) groups excluding carboxylic acids is 1. The van der Waals surface area contributed by atoms with E-state index in [1.165, 1.54) is 7.11 Å². The molecule has 0 bridgehead atoms. The summed E-state index contributed by atoms with van der Waals surface area (Å²) in [7, 11) is 2.92. The number of aromatic amines is 1. The Morgan fingerprint density at radius 1 is 0.806 bits per heavy atom. The Morgan fingerprint density at radius 2 is 1.61 bits per heavy atom. The number of nitrogens with zero attached hydrogens (tertiary/aromatic N) is 1. The van der Waals surface area contributed by atoms with E-state index in [9.17, 15) is 4.79 Å². The average Bonchev–Trinajstić information content (AvgIpc) is 3.27. The van der Waals surface area contributed by atoms with Crippen LogP contribution in [-0.2, 0) is 4.74 Å². The summed E-state index contributed by atoms with van der Waals surface area (Å²) in [6.45, 7) is 0. The first kappa shape index (κ1) is 18.9. The van der Waals surface area contributed by atoms with Crippen LogP contribution >= 0.6 is 0 Å². The van der Waals surface area contributed by atoms with Crippen molar-refractivity contribution in [2.24, 2.45) is 0 Å². The predicted molar refractivity (Wildman–Crippen MR) is 122 cm³/mol. The van der Waals surface area contributed by atoms with Crippen molar-refractivity contribution in [3.05, 3.63) is 84.4 Å². The van der Waals surface area contributed by atoms with Gasteiger partial charge in [0.2, 0.25) is 0 Å². The standard InChI is InChI=1S/C26H20N2O3/c1-30-24-15-20-13-17(10-11-18(20)14-21(24)26(29)31-2)16-6-5-7-19(12-16)25-27-22-8-3-4-9-23(22)28-25/h3-15H,1-2H3,(H,27,28). The summed E-state index contributed by atoms with van der Waals surface area (Å²) in [5.41, 5.74) is 5.54. The molecule has 5 aromatic rings. The first-order valence-electron chi connectivity index (χ1n) is 9.92. The Balaban J connectivity index is 1.57. The molecule has 1 N–H and O–H groups in total. The lowest BCUT2D eigenvalue weighted by Crippen LogP contribution is -2.04. The van der Waals surface area contributed by atoms with Crippen LogP contribution in [0.2, 0.25) is 0 Å². The Labute approximate surface area is 179 Å². The second-order valence-corrected chi connectivity index (χ2v) is 7.29. The van der Waals surface area contributed by atoms with E-state index in [4.69, 9.17) is 14.5 Å². The number of imidazole rings is 1. The minimum Gasteiger partial charge on any atom is -0.496 e. The van der Waals surface area contributed by atoms with Crippen molar-refractivity contribution in [1.29, 1.82) is 0 Å². The Morgan fingerprint density at radius 3 is 2.42 bits per heavy atom. The molecule has 0 amide bonds. The normalized spacial score (nSPS) is 11.0. The van der Waals surface area contributed by atoms with E-state index < -0.39 is 5.97 Å². The average molecular weight is 408 g/mol. The molecule has 0 atom stereocenters. The molecular weight excluding hydrogens is 388 g/mol. The number of rotatable bonds is 4. The highest BCUT2D eigenvalue weighted by Crippen LogP contribution is 2.32. The van der Waals surface area contributed by atoms with Crippen molar-refractivity contribution in [1.82, 2.24) is 9.97 Å². The van der Waals surface area contributed by atoms with Crippen LogP contribution in [0.5, 0.6) is 5.75 Å². The molecule has 4 aromatic carbocycles. The quantitative estimate of drug-likeness (QED) is 0.379. The Hall–Kier alpha value is -4.12. The second-order valence-electron chi connectivity index (χ2n) is 7.29. The van der Waals surface area contributed by atoms with Crippen molar-refractivity contribution in [3.8, 4) is 28.3 Å². The largest absolute Gasteiger partial charge is 0.496 e. The van der Waals surface area contributed by atoms with E-state index >= 15 is 0 Å². The zero-order chi connectivity index (χ0) is 21.4. The molecule has 0 aliphatic heterocycles. The summed E-state index contributed by atoms with van der Waals surface area (Å²) in [6.07, 6.45) is 0. The van der Waals surface area contributed by atoms with Gasteiger partial charge in [-0.1, -0.05) is 42.5 Å². The molecule has 5 nitrogen and oxygen atoms in total. The molecule has 0 spiro atoms. The molecule has 0 radical (unpaired) electrons. The van der Waals surface area contributed by atoms with Crippen LogP contribution in [0.15, 0.2) is 78.9 Å². The molecule has 0 saturated heterocycles. The van der Waals surface area contributed by atoms with Gasteiger partial charge in [-0.3, -0.25) is 0 Å². The van der Waals surface area contributed by atoms with Gasteiger partial charge in [0.15, 0.2) is 0 Å². The summed E-state index contributed by atoms with van der Waals surface area (Å²) < 4.78 is 10.3. The van der Waals surface area contributed by atoms with Crippen LogP contribution in [0.25, 0.3) is 44.3 Å². The Kier molecular flexibility index (Phi) is 4.64. The third-order valence-electron chi connectivity index (χ3n) is 5.42. The number of methoxy groups -OCH3 is 2. The fourth-order valence-electron chi connectivity index (χ4n) is 3.83. The lowest BCUT2D eigenvalue weighted by molar-refractivity contribution is 0.0597. The minimum atomic E-state index is -0.415. The highest BCUT2D eigenvalue weighted by molar-refractivity contribution is 5.99.